The van der Waals surface area contributed by atoms with Gasteiger partial charge >= 0.3 is 0 Å². The lowest BCUT2D eigenvalue weighted by Gasteiger charge is -1.96. The minimum atomic E-state index is 0.737. The van der Waals surface area contributed by atoms with Crippen molar-refractivity contribution in [3.05, 3.63) is 53.3 Å². The molecule has 2 aromatic rings. The summed E-state index contributed by atoms with van der Waals surface area (Å²) < 4.78 is 5.68. The second kappa shape index (κ2) is 5.04. The summed E-state index contributed by atoms with van der Waals surface area (Å²) in [4.78, 5) is 0. The molecule has 1 heterocycles. The van der Waals surface area contributed by atoms with Crippen LogP contribution in [-0.4, -0.2) is 0 Å². The van der Waals surface area contributed by atoms with E-state index in [1.165, 1.54) is 0 Å². The van der Waals surface area contributed by atoms with Gasteiger partial charge in [0, 0.05) is 10.6 Å². The number of benzene rings is 1. The first-order valence-corrected chi connectivity index (χ1v) is 5.69. The molecule has 1 nitrogen and oxygen atoms in total. The summed E-state index contributed by atoms with van der Waals surface area (Å²) in [5.41, 5.74) is 1.04. The van der Waals surface area contributed by atoms with Crippen LogP contribution in [0.2, 0.25) is 5.02 Å². The molecule has 0 fully saturated rings. The van der Waals surface area contributed by atoms with E-state index in [1.54, 1.807) is 0 Å². The molecule has 16 heavy (non-hydrogen) atoms. The van der Waals surface area contributed by atoms with Gasteiger partial charge in [-0.15, -0.1) is 0 Å². The molecule has 0 amide bonds. The molecule has 82 valence electrons. The van der Waals surface area contributed by atoms with Gasteiger partial charge in [-0.05, 0) is 48.9 Å². The van der Waals surface area contributed by atoms with Gasteiger partial charge in [0.15, 0.2) is 0 Å². The number of furan rings is 1. The van der Waals surface area contributed by atoms with Crippen molar-refractivity contribution in [2.45, 2.75) is 13.3 Å². The van der Waals surface area contributed by atoms with Gasteiger partial charge in [-0.1, -0.05) is 24.6 Å². The molecule has 2 heteroatoms. The smallest absolute Gasteiger partial charge is 0.134 e. The van der Waals surface area contributed by atoms with Gasteiger partial charge in [0.1, 0.15) is 11.5 Å². The Labute approximate surface area is 100 Å². The first kappa shape index (κ1) is 11.0. The Bertz CT molecular complexity index is 480. The minimum absolute atomic E-state index is 0.737. The molecular weight excluding hydrogens is 220 g/mol. The summed E-state index contributed by atoms with van der Waals surface area (Å²) in [6, 6.07) is 11.6. The lowest BCUT2D eigenvalue weighted by atomic mass is 10.2. The third-order valence-corrected chi connectivity index (χ3v) is 2.53. The van der Waals surface area contributed by atoms with Crippen molar-refractivity contribution in [2.24, 2.45) is 0 Å². The van der Waals surface area contributed by atoms with Crippen LogP contribution >= 0.6 is 11.6 Å². The zero-order chi connectivity index (χ0) is 11.4. The minimum Gasteiger partial charge on any atom is -0.457 e. The van der Waals surface area contributed by atoms with Crippen molar-refractivity contribution in [1.29, 1.82) is 0 Å². The van der Waals surface area contributed by atoms with Crippen LogP contribution in [0.1, 0.15) is 19.1 Å². The Morgan fingerprint density at radius 1 is 1.12 bits per heavy atom. The van der Waals surface area contributed by atoms with Crippen LogP contribution < -0.4 is 0 Å². The van der Waals surface area contributed by atoms with E-state index in [9.17, 15) is 0 Å². The molecule has 0 aliphatic carbocycles. The molecule has 0 bridgehead atoms. The van der Waals surface area contributed by atoms with E-state index >= 15 is 0 Å². The highest BCUT2D eigenvalue weighted by Gasteiger charge is 2.02. The second-order valence-corrected chi connectivity index (χ2v) is 3.96. The predicted octanol–water partition coefficient (Wildman–Crippen LogP) is 5.02. The molecule has 0 saturated carbocycles. The summed E-state index contributed by atoms with van der Waals surface area (Å²) in [5.74, 6) is 1.75. The number of hydrogen-bond acceptors (Lipinski definition) is 1. The molecule has 0 aliphatic rings. The van der Waals surface area contributed by atoms with Crippen molar-refractivity contribution in [3.8, 4) is 11.3 Å². The Morgan fingerprint density at radius 3 is 2.56 bits per heavy atom. The molecular formula is C14H13ClO. The fourth-order valence-electron chi connectivity index (χ4n) is 1.45. The van der Waals surface area contributed by atoms with E-state index in [1.807, 2.05) is 42.5 Å². The maximum Gasteiger partial charge on any atom is 0.134 e. The SMILES string of the molecule is CC/C=C/c1ccc(-c2ccc(Cl)cc2)o1. The first-order valence-electron chi connectivity index (χ1n) is 5.32. The Kier molecular flexibility index (Phi) is 3.47. The monoisotopic (exact) mass is 232 g/mol. The van der Waals surface area contributed by atoms with Crippen molar-refractivity contribution in [3.63, 3.8) is 0 Å². The highest BCUT2D eigenvalue weighted by atomic mass is 35.5. The maximum atomic E-state index is 5.83. The topological polar surface area (TPSA) is 13.1 Å². The molecule has 0 unspecified atom stereocenters. The third-order valence-electron chi connectivity index (χ3n) is 2.27. The van der Waals surface area contributed by atoms with Gasteiger partial charge in [0.25, 0.3) is 0 Å². The van der Waals surface area contributed by atoms with Crippen LogP contribution in [0.4, 0.5) is 0 Å². The molecule has 0 aliphatic heterocycles. The fourth-order valence-corrected chi connectivity index (χ4v) is 1.57. The molecule has 0 N–H and O–H groups in total. The van der Waals surface area contributed by atoms with Gasteiger partial charge in [-0.3, -0.25) is 0 Å². The summed E-state index contributed by atoms with van der Waals surface area (Å²) in [6.45, 7) is 2.10. The van der Waals surface area contributed by atoms with Gasteiger partial charge in [0.05, 0.1) is 0 Å². The molecule has 2 rings (SSSR count). The molecule has 0 atom stereocenters. The van der Waals surface area contributed by atoms with Crippen molar-refractivity contribution in [1.82, 2.24) is 0 Å². The van der Waals surface area contributed by atoms with E-state index in [0.717, 1.165) is 28.5 Å². The molecule has 0 saturated heterocycles. The van der Waals surface area contributed by atoms with Crippen LogP contribution in [0, 0.1) is 0 Å². The Hall–Kier alpha value is -1.47. The van der Waals surface area contributed by atoms with Crippen molar-refractivity contribution < 1.29 is 4.42 Å². The van der Waals surface area contributed by atoms with Crippen LogP contribution in [0.3, 0.4) is 0 Å². The summed E-state index contributed by atoms with van der Waals surface area (Å²) in [6.07, 6.45) is 5.07. The number of hydrogen-bond donors (Lipinski definition) is 0. The van der Waals surface area contributed by atoms with E-state index in [0.29, 0.717) is 0 Å². The quantitative estimate of drug-likeness (QED) is 0.724. The van der Waals surface area contributed by atoms with Crippen molar-refractivity contribution >= 4 is 17.7 Å². The zero-order valence-electron chi connectivity index (χ0n) is 9.11. The summed E-state index contributed by atoms with van der Waals surface area (Å²) in [5, 5.41) is 0.737. The van der Waals surface area contributed by atoms with Gasteiger partial charge in [-0.25, -0.2) is 0 Å². The fraction of sp³-hybridized carbons (Fsp3) is 0.143. The Balaban J connectivity index is 2.24. The van der Waals surface area contributed by atoms with Crippen LogP contribution in [0.25, 0.3) is 17.4 Å². The lowest BCUT2D eigenvalue weighted by molar-refractivity contribution is 0.571. The van der Waals surface area contributed by atoms with Gasteiger partial charge in [0.2, 0.25) is 0 Å². The second-order valence-electron chi connectivity index (χ2n) is 3.52. The average molecular weight is 233 g/mol. The molecule has 0 spiro atoms. The predicted molar refractivity (Wildman–Crippen MR) is 68.5 cm³/mol. The normalized spacial score (nSPS) is 11.1. The van der Waals surface area contributed by atoms with Crippen molar-refractivity contribution in [2.75, 3.05) is 0 Å². The van der Waals surface area contributed by atoms with Gasteiger partial charge in [-0.2, -0.15) is 0 Å². The zero-order valence-corrected chi connectivity index (χ0v) is 9.87. The van der Waals surface area contributed by atoms with E-state index in [-0.39, 0.29) is 0 Å². The van der Waals surface area contributed by atoms with E-state index in [4.69, 9.17) is 16.0 Å². The first-order chi connectivity index (χ1) is 7.79. The van der Waals surface area contributed by atoms with Crippen LogP contribution in [0.5, 0.6) is 0 Å². The highest BCUT2D eigenvalue weighted by molar-refractivity contribution is 6.30. The maximum absolute atomic E-state index is 5.83. The van der Waals surface area contributed by atoms with Gasteiger partial charge < -0.3 is 4.42 Å². The standard InChI is InChI=1S/C14H13ClO/c1-2-3-4-13-9-10-14(16-13)11-5-7-12(15)8-6-11/h3-10H,2H2,1H3/b4-3+. The van der Waals surface area contributed by atoms with E-state index < -0.39 is 0 Å². The summed E-state index contributed by atoms with van der Waals surface area (Å²) in [7, 11) is 0. The number of allylic oxidation sites excluding steroid dienone is 1. The molecule has 1 aromatic heterocycles. The largest absolute Gasteiger partial charge is 0.457 e. The van der Waals surface area contributed by atoms with Crippen LogP contribution in [-0.2, 0) is 0 Å². The van der Waals surface area contributed by atoms with Crippen LogP contribution in [0.15, 0.2) is 46.9 Å². The third kappa shape index (κ3) is 2.56. The highest BCUT2D eigenvalue weighted by Crippen LogP contribution is 2.24. The summed E-state index contributed by atoms with van der Waals surface area (Å²) >= 11 is 5.83. The molecule has 1 aromatic carbocycles. The lowest BCUT2D eigenvalue weighted by Crippen LogP contribution is -1.71. The number of halogens is 1. The molecule has 0 radical (unpaired) electrons. The van der Waals surface area contributed by atoms with E-state index in [2.05, 4.69) is 13.0 Å². The number of rotatable bonds is 3. The average Bonchev–Trinajstić information content (AvgIpc) is 2.76. The Morgan fingerprint density at radius 2 is 1.88 bits per heavy atom.